The van der Waals surface area contributed by atoms with Gasteiger partial charge in [0.15, 0.2) is 0 Å². The monoisotopic (exact) mass is 290 g/mol. The van der Waals surface area contributed by atoms with Gasteiger partial charge in [-0.15, -0.1) is 0 Å². The minimum atomic E-state index is 0.751. The molecule has 106 valence electrons. The fourth-order valence-corrected chi connectivity index (χ4v) is 2.80. The van der Waals surface area contributed by atoms with E-state index in [2.05, 4.69) is 22.2 Å². The van der Waals surface area contributed by atoms with Gasteiger partial charge >= 0.3 is 0 Å². The molecule has 0 bridgehead atoms. The van der Waals surface area contributed by atoms with Crippen molar-refractivity contribution in [2.45, 2.75) is 13.3 Å². The Balaban J connectivity index is 1.96. The van der Waals surface area contributed by atoms with Crippen molar-refractivity contribution in [3.63, 3.8) is 0 Å². The van der Waals surface area contributed by atoms with E-state index in [0.717, 1.165) is 43.3 Å². The second-order valence-electron chi connectivity index (χ2n) is 4.96. The lowest BCUT2D eigenvalue weighted by atomic mass is 10.2. The predicted octanol–water partition coefficient (Wildman–Crippen LogP) is 2.50. The molecule has 1 saturated heterocycles. The van der Waals surface area contributed by atoms with Crippen LogP contribution in [0.15, 0.2) is 30.5 Å². The summed E-state index contributed by atoms with van der Waals surface area (Å²) in [6.07, 6.45) is 2.95. The Bertz CT molecular complexity index is 570. The fraction of sp³-hybridized carbons (Fsp3) is 0.400. The third-order valence-corrected chi connectivity index (χ3v) is 3.96. The van der Waals surface area contributed by atoms with Crippen molar-refractivity contribution < 1.29 is 0 Å². The average molecular weight is 291 g/mol. The number of rotatable bonds is 3. The van der Waals surface area contributed by atoms with Gasteiger partial charge in [0.1, 0.15) is 0 Å². The molecule has 0 atom stereocenters. The zero-order chi connectivity index (χ0) is 13.9. The molecule has 2 heterocycles. The number of hydrogen-bond acceptors (Lipinski definition) is 3. The Hall–Kier alpha value is -1.52. The second-order valence-corrected chi connectivity index (χ2v) is 5.39. The molecule has 0 aliphatic carbocycles. The van der Waals surface area contributed by atoms with E-state index >= 15 is 0 Å². The van der Waals surface area contributed by atoms with Crippen molar-refractivity contribution in [1.82, 2.24) is 15.1 Å². The Morgan fingerprint density at radius 3 is 2.55 bits per heavy atom. The summed E-state index contributed by atoms with van der Waals surface area (Å²) in [6.45, 7) is 6.33. The highest BCUT2D eigenvalue weighted by atomic mass is 35.5. The normalized spacial score (nSPS) is 15.6. The van der Waals surface area contributed by atoms with E-state index in [4.69, 9.17) is 11.6 Å². The molecule has 0 spiro atoms. The molecule has 0 amide bonds. The topological polar surface area (TPSA) is 33.1 Å². The molecule has 5 heteroatoms. The van der Waals surface area contributed by atoms with Crippen LogP contribution in [0.5, 0.6) is 0 Å². The van der Waals surface area contributed by atoms with Gasteiger partial charge < -0.3 is 10.2 Å². The summed E-state index contributed by atoms with van der Waals surface area (Å²) in [4.78, 5) is 2.41. The van der Waals surface area contributed by atoms with Crippen LogP contribution >= 0.6 is 11.6 Å². The summed E-state index contributed by atoms with van der Waals surface area (Å²) < 4.78 is 2.02. The molecular formula is C15H19ClN4. The number of halogens is 1. The molecule has 4 nitrogen and oxygen atoms in total. The number of hydrogen-bond donors (Lipinski definition) is 1. The van der Waals surface area contributed by atoms with Crippen LogP contribution in [-0.4, -0.2) is 36.0 Å². The number of aromatic nitrogens is 2. The Morgan fingerprint density at radius 1 is 1.20 bits per heavy atom. The molecule has 1 N–H and O–H groups in total. The molecule has 20 heavy (non-hydrogen) atoms. The average Bonchev–Trinajstić information content (AvgIpc) is 2.93. The largest absolute Gasteiger partial charge is 0.366 e. The summed E-state index contributed by atoms with van der Waals surface area (Å²) in [6, 6.07) is 7.83. The molecule has 1 fully saturated rings. The van der Waals surface area contributed by atoms with Crippen LogP contribution in [-0.2, 0) is 6.42 Å². The van der Waals surface area contributed by atoms with Crippen molar-refractivity contribution in [3.8, 4) is 5.69 Å². The Kier molecular flexibility index (Phi) is 3.94. The van der Waals surface area contributed by atoms with Crippen LogP contribution in [0, 0.1) is 0 Å². The number of nitrogens with one attached hydrogen (secondary N) is 1. The number of benzene rings is 1. The van der Waals surface area contributed by atoms with Crippen LogP contribution in [0.25, 0.3) is 5.69 Å². The van der Waals surface area contributed by atoms with Crippen LogP contribution in [0.4, 0.5) is 5.69 Å². The van der Waals surface area contributed by atoms with E-state index in [1.807, 2.05) is 35.1 Å². The number of anilines is 1. The first-order valence-electron chi connectivity index (χ1n) is 7.08. The van der Waals surface area contributed by atoms with Gasteiger partial charge in [0.05, 0.1) is 23.3 Å². The van der Waals surface area contributed by atoms with Gasteiger partial charge in [-0.25, -0.2) is 4.68 Å². The summed E-state index contributed by atoms with van der Waals surface area (Å²) >= 11 is 5.95. The summed E-state index contributed by atoms with van der Waals surface area (Å²) in [5.41, 5.74) is 3.57. The van der Waals surface area contributed by atoms with Gasteiger partial charge in [0, 0.05) is 31.2 Å². The van der Waals surface area contributed by atoms with Gasteiger partial charge in [-0.3, -0.25) is 0 Å². The van der Waals surface area contributed by atoms with E-state index in [9.17, 15) is 0 Å². The first kappa shape index (κ1) is 13.5. The lowest BCUT2D eigenvalue weighted by Gasteiger charge is -2.29. The predicted molar refractivity (Wildman–Crippen MR) is 83.0 cm³/mol. The molecule has 3 rings (SSSR count). The van der Waals surface area contributed by atoms with Gasteiger partial charge in [-0.2, -0.15) is 5.10 Å². The van der Waals surface area contributed by atoms with Gasteiger partial charge in [0.25, 0.3) is 0 Å². The minimum Gasteiger partial charge on any atom is -0.366 e. The van der Waals surface area contributed by atoms with E-state index in [0.29, 0.717) is 0 Å². The molecule has 1 aromatic carbocycles. The molecule has 1 aliphatic heterocycles. The Labute approximate surface area is 124 Å². The third-order valence-electron chi connectivity index (χ3n) is 3.71. The van der Waals surface area contributed by atoms with E-state index in [-0.39, 0.29) is 0 Å². The highest BCUT2D eigenvalue weighted by Gasteiger charge is 2.18. The van der Waals surface area contributed by atoms with Crippen LogP contribution < -0.4 is 10.2 Å². The van der Waals surface area contributed by atoms with Crippen LogP contribution in [0.1, 0.15) is 12.6 Å². The molecule has 2 aromatic rings. The zero-order valence-corrected chi connectivity index (χ0v) is 12.4. The fourth-order valence-electron chi connectivity index (χ4n) is 2.67. The zero-order valence-electron chi connectivity index (χ0n) is 11.6. The van der Waals surface area contributed by atoms with Gasteiger partial charge in [-0.1, -0.05) is 18.5 Å². The minimum absolute atomic E-state index is 0.751. The second kappa shape index (κ2) is 5.85. The maximum atomic E-state index is 5.95. The van der Waals surface area contributed by atoms with E-state index in [1.54, 1.807) is 0 Å². The summed E-state index contributed by atoms with van der Waals surface area (Å²) in [7, 11) is 0. The van der Waals surface area contributed by atoms with Crippen molar-refractivity contribution >= 4 is 17.3 Å². The smallest absolute Gasteiger partial charge is 0.0790 e. The van der Waals surface area contributed by atoms with Crippen molar-refractivity contribution in [2.24, 2.45) is 0 Å². The highest BCUT2D eigenvalue weighted by Crippen LogP contribution is 2.24. The quantitative estimate of drug-likeness (QED) is 0.943. The lowest BCUT2D eigenvalue weighted by molar-refractivity contribution is 0.587. The maximum Gasteiger partial charge on any atom is 0.0790 e. The van der Waals surface area contributed by atoms with E-state index in [1.165, 1.54) is 11.4 Å². The summed E-state index contributed by atoms with van der Waals surface area (Å²) in [5.74, 6) is 0. The first-order valence-corrected chi connectivity index (χ1v) is 7.46. The lowest BCUT2D eigenvalue weighted by Crippen LogP contribution is -2.43. The van der Waals surface area contributed by atoms with E-state index < -0.39 is 0 Å². The molecule has 0 radical (unpaired) electrons. The molecule has 0 unspecified atom stereocenters. The first-order chi connectivity index (χ1) is 9.79. The molecule has 1 aromatic heterocycles. The maximum absolute atomic E-state index is 5.95. The molecular weight excluding hydrogens is 272 g/mol. The Morgan fingerprint density at radius 2 is 1.90 bits per heavy atom. The molecule has 1 aliphatic rings. The highest BCUT2D eigenvalue weighted by molar-refractivity contribution is 6.30. The number of piperazine rings is 1. The summed E-state index contributed by atoms with van der Waals surface area (Å²) in [5, 5.41) is 8.71. The van der Waals surface area contributed by atoms with Crippen molar-refractivity contribution in [2.75, 3.05) is 31.1 Å². The molecule has 0 saturated carbocycles. The van der Waals surface area contributed by atoms with Crippen molar-refractivity contribution in [3.05, 3.63) is 41.2 Å². The van der Waals surface area contributed by atoms with Gasteiger partial charge in [0.2, 0.25) is 0 Å². The van der Waals surface area contributed by atoms with Crippen LogP contribution in [0.3, 0.4) is 0 Å². The third kappa shape index (κ3) is 2.53. The van der Waals surface area contributed by atoms with Crippen molar-refractivity contribution in [1.29, 1.82) is 0 Å². The number of nitrogens with zero attached hydrogens (tertiary/aromatic N) is 3. The van der Waals surface area contributed by atoms with Crippen LogP contribution in [0.2, 0.25) is 5.02 Å². The standard InChI is InChI=1S/C15H19ClN4/c1-2-14-15(19-9-7-17-8-10-19)11-18-20(14)13-5-3-12(16)4-6-13/h3-6,11,17H,2,7-10H2,1H3. The SMILES string of the molecule is CCc1c(N2CCNCC2)cnn1-c1ccc(Cl)cc1. The van der Waals surface area contributed by atoms with Gasteiger partial charge in [-0.05, 0) is 30.7 Å².